The van der Waals surface area contributed by atoms with Gasteiger partial charge in [0.25, 0.3) is 0 Å². The first-order valence-corrected chi connectivity index (χ1v) is 2.99. The molecule has 0 saturated carbocycles. The fourth-order valence-electron chi connectivity index (χ4n) is 0.330. The highest BCUT2D eigenvalue weighted by atomic mass is 19.1. The van der Waals surface area contributed by atoms with E-state index in [1.165, 1.54) is 0 Å². The van der Waals surface area contributed by atoms with E-state index in [1.807, 2.05) is 0 Å². The largest absolute Gasteiger partial charge is 0.391 e. The summed E-state index contributed by atoms with van der Waals surface area (Å²) in [6, 6.07) is 0. The summed E-state index contributed by atoms with van der Waals surface area (Å²) in [5.74, 6) is 0. The molecule has 0 saturated heterocycles. The van der Waals surface area contributed by atoms with Gasteiger partial charge in [-0.1, -0.05) is 0 Å². The monoisotopic (exact) mass is 155 g/mol. The zero-order valence-corrected chi connectivity index (χ0v) is 6.77. The molecule has 0 fully saturated rings. The lowest BCUT2D eigenvalue weighted by Crippen LogP contribution is -2.40. The molecule has 0 heterocycles. The van der Waals surface area contributed by atoms with Crippen molar-refractivity contribution in [3.05, 3.63) is 0 Å². The molecule has 0 aromatic rings. The average molecular weight is 155 g/mol. The minimum absolute atomic E-state index is 0.0525. The summed E-state index contributed by atoms with van der Waals surface area (Å²) in [7, 11) is 3.96. The van der Waals surface area contributed by atoms with E-state index in [2.05, 4.69) is 0 Å². The van der Waals surface area contributed by atoms with Crippen molar-refractivity contribution < 1.29 is 18.4 Å². The molecule has 0 bridgehead atoms. The Hall–Kier alpha value is -0.220. The molecular weight excluding hydrogens is 139 g/mol. The Morgan fingerprint density at radius 3 is 1.80 bits per heavy atom. The fraction of sp³-hybridized carbons (Fsp3) is 1.00. The van der Waals surface area contributed by atoms with Gasteiger partial charge < -0.3 is 9.59 Å². The molecule has 10 heavy (non-hydrogen) atoms. The van der Waals surface area contributed by atoms with E-state index in [9.17, 15) is 8.78 Å². The van der Waals surface area contributed by atoms with Crippen LogP contribution in [0.1, 0.15) is 0 Å². The Bertz CT molecular complexity index is 68.8. The van der Waals surface area contributed by atoms with E-state index in [0.717, 1.165) is 0 Å². The van der Waals surface area contributed by atoms with Crippen LogP contribution in [0.25, 0.3) is 0 Å². The summed E-state index contributed by atoms with van der Waals surface area (Å²) >= 11 is 0. The lowest BCUT2D eigenvalue weighted by Gasteiger charge is -2.24. The van der Waals surface area contributed by atoms with E-state index < -0.39 is 6.80 Å². The molecule has 0 rings (SSSR count). The molecule has 0 atom stereocenters. The molecule has 1 N–H and O–H groups in total. The molecule has 2 nitrogen and oxygen atoms in total. The van der Waals surface area contributed by atoms with Gasteiger partial charge in [0.2, 0.25) is 6.80 Å². The van der Waals surface area contributed by atoms with Gasteiger partial charge >= 0.3 is 0 Å². The number of alkyl halides is 2. The van der Waals surface area contributed by atoms with Gasteiger partial charge in [0.15, 0.2) is 0 Å². The van der Waals surface area contributed by atoms with Crippen LogP contribution in [-0.2, 0) is 0 Å². The van der Waals surface area contributed by atoms with Gasteiger partial charge in [-0.15, -0.1) is 0 Å². The van der Waals surface area contributed by atoms with E-state index in [0.29, 0.717) is 13.7 Å². The van der Waals surface area contributed by atoms with Gasteiger partial charge in [0, 0.05) is 0 Å². The minimum atomic E-state index is -0.416. The van der Waals surface area contributed by atoms with Crippen LogP contribution in [0.2, 0.25) is 0 Å². The van der Waals surface area contributed by atoms with Gasteiger partial charge in [-0.25, -0.2) is 0 Å². The van der Waals surface area contributed by atoms with Crippen molar-refractivity contribution >= 4 is 0 Å². The third-order valence-corrected chi connectivity index (χ3v) is 1.03. The third-order valence-electron chi connectivity index (χ3n) is 1.03. The first-order chi connectivity index (χ1) is 4.62. The molecule has 0 aliphatic carbocycles. The molecule has 0 aromatic carbocycles. The van der Waals surface area contributed by atoms with Crippen LogP contribution in [0, 0.1) is 0 Å². The number of rotatable bonds is 3. The van der Waals surface area contributed by atoms with Crippen LogP contribution in [0.15, 0.2) is 0 Å². The second-order valence-corrected chi connectivity index (χ2v) is 2.50. The van der Waals surface area contributed by atoms with Crippen LogP contribution in [0.5, 0.6) is 0 Å². The standard InChI is InChI=1S/C5H13FNO.CH3F/c1-7(2,5-6)3-4-8;1-2/h8H,3-5H2,1-2H3;1H3/q+1;/i6-1;. The van der Waals surface area contributed by atoms with Crippen LogP contribution >= 0.6 is 0 Å². The zero-order valence-electron chi connectivity index (χ0n) is 6.77. The first kappa shape index (κ1) is 12.5. The number of hydrogen-bond acceptors (Lipinski definition) is 1. The van der Waals surface area contributed by atoms with Crippen molar-refractivity contribution in [3.63, 3.8) is 0 Å². The number of quaternary nitrogens is 1. The number of nitrogens with zero attached hydrogens (tertiary/aromatic N) is 1. The van der Waals surface area contributed by atoms with Crippen LogP contribution < -0.4 is 0 Å². The summed E-state index contributed by atoms with van der Waals surface area (Å²) in [5.41, 5.74) is 0. The lowest BCUT2D eigenvalue weighted by molar-refractivity contribution is -0.903. The van der Waals surface area contributed by atoms with Crippen molar-refractivity contribution in [2.24, 2.45) is 0 Å². The topological polar surface area (TPSA) is 20.2 Å². The quantitative estimate of drug-likeness (QED) is 0.466. The van der Waals surface area contributed by atoms with Crippen LogP contribution in [0.3, 0.4) is 0 Å². The maximum Gasteiger partial charge on any atom is 0.221 e. The molecule has 0 spiro atoms. The zero-order chi connectivity index (χ0) is 8.62. The van der Waals surface area contributed by atoms with E-state index in [4.69, 9.17) is 5.11 Å². The number of aliphatic hydroxyl groups is 1. The van der Waals surface area contributed by atoms with Gasteiger partial charge in [-0.2, -0.15) is 4.39 Å². The normalized spacial score (nSPS) is 10.2. The Morgan fingerprint density at radius 2 is 1.70 bits per heavy atom. The summed E-state index contributed by atoms with van der Waals surface area (Å²) in [6.45, 7) is 0.119. The summed E-state index contributed by atoms with van der Waals surface area (Å²) < 4.78 is 21.6. The van der Waals surface area contributed by atoms with Crippen molar-refractivity contribution in [2.75, 3.05) is 41.2 Å². The fourth-order valence-corrected chi connectivity index (χ4v) is 0.330. The van der Waals surface area contributed by atoms with E-state index >= 15 is 0 Å². The third kappa shape index (κ3) is 7.78. The predicted molar refractivity (Wildman–Crippen MR) is 37.1 cm³/mol. The molecule has 4 heteroatoms. The summed E-state index contributed by atoms with van der Waals surface area (Å²) in [5, 5.41) is 8.35. The maximum absolute atomic E-state index is 11.8. The molecule has 0 radical (unpaired) electrons. The van der Waals surface area contributed by atoms with Crippen molar-refractivity contribution in [3.8, 4) is 0 Å². The number of aliphatic hydroxyl groups excluding tert-OH is 1. The van der Waals surface area contributed by atoms with E-state index in [-0.39, 0.29) is 11.1 Å². The average Bonchev–Trinajstić information content (AvgIpc) is 1.93. The number of likely N-dealkylation sites (N-methyl/N-ethyl adjacent to an activating group) is 1. The highest BCUT2D eigenvalue weighted by molar-refractivity contribution is 4.21. The summed E-state index contributed by atoms with van der Waals surface area (Å²) in [4.78, 5) is 0. The number of halogens is 2. The lowest BCUT2D eigenvalue weighted by atomic mass is 10.5. The Morgan fingerprint density at radius 1 is 1.30 bits per heavy atom. The van der Waals surface area contributed by atoms with E-state index in [1.54, 1.807) is 14.1 Å². The van der Waals surface area contributed by atoms with Gasteiger partial charge in [0.05, 0.1) is 27.9 Å². The molecule has 0 aliphatic rings. The second kappa shape index (κ2) is 6.89. The highest BCUT2D eigenvalue weighted by Crippen LogP contribution is 1.93. The second-order valence-electron chi connectivity index (χ2n) is 2.50. The highest BCUT2D eigenvalue weighted by Gasteiger charge is 2.11. The summed E-state index contributed by atoms with van der Waals surface area (Å²) in [6.07, 6.45) is 0. The predicted octanol–water partition coefficient (Wildman–Crippen LogP) is 0.568. The minimum Gasteiger partial charge on any atom is -0.391 e. The first-order valence-electron chi connectivity index (χ1n) is 2.99. The molecule has 0 aromatic heterocycles. The van der Waals surface area contributed by atoms with Gasteiger partial charge in [-0.3, -0.25) is 4.39 Å². The van der Waals surface area contributed by atoms with Gasteiger partial charge in [-0.05, 0) is 0 Å². The molecule has 0 aliphatic heterocycles. The van der Waals surface area contributed by atoms with Crippen molar-refractivity contribution in [1.82, 2.24) is 0 Å². The molecule has 0 amide bonds. The van der Waals surface area contributed by atoms with Crippen LogP contribution in [-0.4, -0.2) is 50.8 Å². The molecular formula is C6H16F2NO+. The maximum atomic E-state index is 11.8. The Balaban J connectivity index is 0. The molecule has 64 valence electrons. The van der Waals surface area contributed by atoms with Crippen molar-refractivity contribution in [2.45, 2.75) is 0 Å². The Kier molecular flexibility index (Phi) is 8.59. The smallest absolute Gasteiger partial charge is 0.221 e. The number of hydrogen-bond donors (Lipinski definition) is 1. The van der Waals surface area contributed by atoms with Gasteiger partial charge in [0.1, 0.15) is 6.54 Å². The van der Waals surface area contributed by atoms with Crippen LogP contribution in [0.4, 0.5) is 8.78 Å². The molecule has 0 unspecified atom stereocenters. The SMILES string of the molecule is CF.C[N+](C)(C[18F])CCO. The van der Waals surface area contributed by atoms with Crippen molar-refractivity contribution in [1.29, 1.82) is 0 Å². The Labute approximate surface area is 60.7 Å².